The van der Waals surface area contributed by atoms with E-state index in [1.54, 1.807) is 31.2 Å². The van der Waals surface area contributed by atoms with Crippen LogP contribution in [0.1, 0.15) is 11.1 Å². The summed E-state index contributed by atoms with van der Waals surface area (Å²) >= 11 is 5.85. The average molecular weight is 405 g/mol. The molecule has 0 radical (unpaired) electrons. The zero-order valence-corrected chi connectivity index (χ0v) is 15.6. The average Bonchev–Trinajstić information content (AvgIpc) is 2.66. The number of carbonyl (C=O) groups excluding carboxylic acids is 2. The highest BCUT2D eigenvalue weighted by molar-refractivity contribution is 6.30. The van der Waals surface area contributed by atoms with E-state index < -0.39 is 16.7 Å². The molecule has 0 saturated heterocycles. The summed E-state index contributed by atoms with van der Waals surface area (Å²) in [5, 5.41) is 17.5. The Morgan fingerprint density at radius 2 is 2.00 bits per heavy atom. The van der Waals surface area contributed by atoms with Crippen molar-refractivity contribution in [3.63, 3.8) is 0 Å². The number of nitro benzene ring substituents is 1. The summed E-state index contributed by atoms with van der Waals surface area (Å²) in [7, 11) is 0. The van der Waals surface area contributed by atoms with Crippen LogP contribution in [0, 0.1) is 17.0 Å². The molecule has 0 aromatic heterocycles. The van der Waals surface area contributed by atoms with E-state index in [1.165, 1.54) is 18.2 Å². The minimum absolute atomic E-state index is 0.136. The first-order chi connectivity index (χ1) is 13.4. The van der Waals surface area contributed by atoms with Gasteiger partial charge < -0.3 is 10.1 Å². The number of ether oxygens (including phenoxy) is 1. The first kappa shape index (κ1) is 20.8. The van der Waals surface area contributed by atoms with E-state index in [4.69, 9.17) is 16.3 Å². The number of halogens is 1. The molecule has 0 atom stereocenters. The maximum atomic E-state index is 11.8. The van der Waals surface area contributed by atoms with Crippen molar-refractivity contribution in [2.45, 2.75) is 6.92 Å². The lowest BCUT2D eigenvalue weighted by Gasteiger charge is -2.09. The number of nitrogens with zero attached hydrogens (tertiary/aromatic N) is 2. The van der Waals surface area contributed by atoms with Gasteiger partial charge in [-0.25, -0.2) is 5.43 Å². The second kappa shape index (κ2) is 10.0. The van der Waals surface area contributed by atoms with Gasteiger partial charge in [0.1, 0.15) is 5.75 Å². The summed E-state index contributed by atoms with van der Waals surface area (Å²) < 4.78 is 5.36. The van der Waals surface area contributed by atoms with Crippen LogP contribution in [0.2, 0.25) is 5.02 Å². The summed E-state index contributed by atoms with van der Waals surface area (Å²) in [5.74, 6) is -0.573. The van der Waals surface area contributed by atoms with Crippen molar-refractivity contribution in [2.24, 2.45) is 5.10 Å². The second-order valence-electron chi connectivity index (χ2n) is 5.58. The zero-order valence-electron chi connectivity index (χ0n) is 14.8. The number of nitrogens with one attached hydrogen (secondary N) is 2. The van der Waals surface area contributed by atoms with Crippen molar-refractivity contribution in [3.05, 3.63) is 68.7 Å². The molecule has 0 spiro atoms. The molecule has 0 aliphatic carbocycles. The summed E-state index contributed by atoms with van der Waals surface area (Å²) in [5.41, 5.74) is 3.06. The second-order valence-corrected chi connectivity index (χ2v) is 6.02. The fourth-order valence-corrected chi connectivity index (χ4v) is 2.35. The van der Waals surface area contributed by atoms with Gasteiger partial charge in [0, 0.05) is 11.1 Å². The highest BCUT2D eigenvalue weighted by Gasteiger charge is 2.10. The van der Waals surface area contributed by atoms with Gasteiger partial charge >= 0.3 is 0 Å². The van der Waals surface area contributed by atoms with Gasteiger partial charge in [-0.15, -0.1) is 0 Å². The molecule has 2 aromatic rings. The number of benzene rings is 2. The Morgan fingerprint density at radius 1 is 1.25 bits per heavy atom. The number of amides is 2. The van der Waals surface area contributed by atoms with Crippen LogP contribution in [0.5, 0.6) is 5.75 Å². The van der Waals surface area contributed by atoms with Crippen LogP contribution in [0.4, 0.5) is 5.69 Å². The quantitative estimate of drug-likeness (QED) is 0.396. The molecule has 0 saturated carbocycles. The molecule has 9 nitrogen and oxygen atoms in total. The van der Waals surface area contributed by atoms with Crippen molar-refractivity contribution in [1.29, 1.82) is 0 Å². The SMILES string of the molecule is Cc1cc(Cl)ccc1OCC(=O)NCC(=O)N/N=C\c1ccccc1[N+](=O)[O-]. The number of nitro groups is 1. The smallest absolute Gasteiger partial charge is 0.278 e. The number of hydrogen-bond acceptors (Lipinski definition) is 6. The number of carbonyl (C=O) groups is 2. The normalized spacial score (nSPS) is 10.5. The predicted molar refractivity (Wildman–Crippen MR) is 104 cm³/mol. The van der Waals surface area contributed by atoms with Gasteiger partial charge in [-0.2, -0.15) is 5.10 Å². The molecule has 0 fully saturated rings. The van der Waals surface area contributed by atoms with E-state index in [0.717, 1.165) is 11.8 Å². The van der Waals surface area contributed by atoms with Crippen molar-refractivity contribution < 1.29 is 19.2 Å². The minimum atomic E-state index is -0.592. The first-order valence-electron chi connectivity index (χ1n) is 8.08. The molecular formula is C18H17ClN4O5. The van der Waals surface area contributed by atoms with Gasteiger partial charge in [-0.05, 0) is 36.8 Å². The van der Waals surface area contributed by atoms with Crippen LogP contribution in [0.15, 0.2) is 47.6 Å². The fraction of sp³-hybridized carbons (Fsp3) is 0.167. The lowest BCUT2D eigenvalue weighted by Crippen LogP contribution is -2.37. The maximum absolute atomic E-state index is 11.8. The molecule has 0 bridgehead atoms. The highest BCUT2D eigenvalue weighted by Crippen LogP contribution is 2.21. The van der Waals surface area contributed by atoms with Crippen molar-refractivity contribution in [3.8, 4) is 5.75 Å². The molecule has 28 heavy (non-hydrogen) atoms. The van der Waals surface area contributed by atoms with E-state index >= 15 is 0 Å². The van der Waals surface area contributed by atoms with E-state index in [-0.39, 0.29) is 24.4 Å². The minimum Gasteiger partial charge on any atom is -0.484 e. The summed E-state index contributed by atoms with van der Waals surface area (Å²) in [6.45, 7) is 1.20. The van der Waals surface area contributed by atoms with Crippen molar-refractivity contribution in [2.75, 3.05) is 13.2 Å². The molecule has 2 N–H and O–H groups in total. The van der Waals surface area contributed by atoms with Gasteiger partial charge in [0.2, 0.25) is 0 Å². The van der Waals surface area contributed by atoms with Gasteiger partial charge in [-0.3, -0.25) is 19.7 Å². The zero-order chi connectivity index (χ0) is 20.5. The third-order valence-corrected chi connectivity index (χ3v) is 3.70. The molecule has 0 heterocycles. The number of hydrazone groups is 1. The standard InChI is InChI=1S/C18H17ClN4O5/c1-12-8-14(19)6-7-16(12)28-11-18(25)20-10-17(24)22-21-9-13-4-2-3-5-15(13)23(26)27/h2-9H,10-11H2,1H3,(H,20,25)(H,22,24)/b21-9-. The molecule has 0 aliphatic rings. The number of para-hydroxylation sites is 1. The third-order valence-electron chi connectivity index (χ3n) is 3.47. The lowest BCUT2D eigenvalue weighted by molar-refractivity contribution is -0.385. The van der Waals surface area contributed by atoms with Crippen LogP contribution in [-0.4, -0.2) is 36.1 Å². The number of rotatable bonds is 8. The summed E-state index contributed by atoms with van der Waals surface area (Å²) in [4.78, 5) is 33.8. The fourth-order valence-electron chi connectivity index (χ4n) is 2.12. The molecule has 2 rings (SSSR count). The van der Waals surface area contributed by atoms with Crippen LogP contribution in [-0.2, 0) is 9.59 Å². The molecule has 2 aromatic carbocycles. The first-order valence-corrected chi connectivity index (χ1v) is 8.45. The highest BCUT2D eigenvalue weighted by atomic mass is 35.5. The van der Waals surface area contributed by atoms with Crippen LogP contribution < -0.4 is 15.5 Å². The molecule has 146 valence electrons. The Hall–Kier alpha value is -3.46. The summed E-state index contributed by atoms with van der Waals surface area (Å²) in [6, 6.07) is 10.9. The molecule has 2 amide bonds. The topological polar surface area (TPSA) is 123 Å². The van der Waals surface area contributed by atoms with E-state index in [2.05, 4.69) is 15.8 Å². The van der Waals surface area contributed by atoms with Crippen molar-refractivity contribution in [1.82, 2.24) is 10.7 Å². The predicted octanol–water partition coefficient (Wildman–Crippen LogP) is 2.20. The largest absolute Gasteiger partial charge is 0.484 e. The van der Waals surface area contributed by atoms with E-state index in [9.17, 15) is 19.7 Å². The third kappa shape index (κ3) is 6.36. The van der Waals surface area contributed by atoms with Crippen LogP contribution >= 0.6 is 11.6 Å². The number of aryl methyl sites for hydroxylation is 1. The van der Waals surface area contributed by atoms with Gasteiger partial charge in [0.25, 0.3) is 17.5 Å². The summed E-state index contributed by atoms with van der Waals surface area (Å²) in [6.07, 6.45) is 1.16. The molecule has 10 heteroatoms. The van der Waals surface area contributed by atoms with Gasteiger partial charge in [0.05, 0.1) is 23.2 Å². The van der Waals surface area contributed by atoms with Gasteiger partial charge in [-0.1, -0.05) is 23.7 Å². The van der Waals surface area contributed by atoms with E-state index in [0.29, 0.717) is 10.8 Å². The Bertz CT molecular complexity index is 917. The van der Waals surface area contributed by atoms with Crippen LogP contribution in [0.25, 0.3) is 0 Å². The Balaban J connectivity index is 1.76. The van der Waals surface area contributed by atoms with Crippen molar-refractivity contribution >= 4 is 35.3 Å². The van der Waals surface area contributed by atoms with Crippen LogP contribution in [0.3, 0.4) is 0 Å². The van der Waals surface area contributed by atoms with Gasteiger partial charge in [0.15, 0.2) is 6.61 Å². The Labute approximate surface area is 165 Å². The number of hydrogen-bond donors (Lipinski definition) is 2. The van der Waals surface area contributed by atoms with E-state index in [1.807, 2.05) is 0 Å². The Morgan fingerprint density at radius 3 is 2.71 bits per heavy atom. The monoisotopic (exact) mass is 404 g/mol. The Kier molecular flexibility index (Phi) is 7.46. The molecule has 0 aliphatic heterocycles. The molecule has 0 unspecified atom stereocenters. The maximum Gasteiger partial charge on any atom is 0.278 e. The lowest BCUT2D eigenvalue weighted by atomic mass is 10.2. The molecular weight excluding hydrogens is 388 g/mol.